The number of carbonyl (C=O) groups is 1. The highest BCUT2D eigenvalue weighted by atomic mass is 16.4. The first-order chi connectivity index (χ1) is 7.63. The minimum atomic E-state index is -0.127. The summed E-state index contributed by atoms with van der Waals surface area (Å²) in [5.41, 5.74) is 0. The molecule has 6 nitrogen and oxygen atoms in total. The van der Waals surface area contributed by atoms with Gasteiger partial charge in [0.15, 0.2) is 0 Å². The van der Waals surface area contributed by atoms with Crippen molar-refractivity contribution in [2.45, 2.75) is 32.6 Å². The van der Waals surface area contributed by atoms with Crippen molar-refractivity contribution in [1.29, 1.82) is 0 Å². The summed E-state index contributed by atoms with van der Waals surface area (Å²) in [5.74, 6) is 1.14. The Labute approximate surface area is 94.1 Å². The summed E-state index contributed by atoms with van der Waals surface area (Å²) in [4.78, 5) is 11.2. The van der Waals surface area contributed by atoms with E-state index in [0.29, 0.717) is 24.6 Å². The molecule has 1 heterocycles. The molecule has 0 aromatic carbocycles. The lowest BCUT2D eigenvalue weighted by molar-refractivity contribution is -0.121. The van der Waals surface area contributed by atoms with Crippen LogP contribution in [0.5, 0.6) is 0 Å². The van der Waals surface area contributed by atoms with Crippen molar-refractivity contribution in [2.75, 3.05) is 13.2 Å². The molecule has 1 rings (SSSR count). The summed E-state index contributed by atoms with van der Waals surface area (Å²) >= 11 is 0. The molecular formula is C10H17N3O3. The second kappa shape index (κ2) is 6.22. The van der Waals surface area contributed by atoms with Crippen LogP contribution in [0, 0.1) is 0 Å². The van der Waals surface area contributed by atoms with Crippen LogP contribution in [0.1, 0.15) is 38.0 Å². The van der Waals surface area contributed by atoms with Gasteiger partial charge < -0.3 is 14.8 Å². The topological polar surface area (TPSA) is 88.2 Å². The first-order valence-corrected chi connectivity index (χ1v) is 5.33. The number of amides is 1. The Morgan fingerprint density at radius 2 is 2.25 bits per heavy atom. The van der Waals surface area contributed by atoms with Crippen LogP contribution in [-0.2, 0) is 11.2 Å². The zero-order valence-electron chi connectivity index (χ0n) is 9.56. The molecular weight excluding hydrogens is 210 g/mol. The van der Waals surface area contributed by atoms with Crippen LogP contribution in [0.15, 0.2) is 4.42 Å². The van der Waals surface area contributed by atoms with Gasteiger partial charge in [0.2, 0.25) is 17.7 Å². The van der Waals surface area contributed by atoms with Gasteiger partial charge in [-0.2, -0.15) is 0 Å². The fraction of sp³-hybridized carbons (Fsp3) is 0.700. The number of nitrogens with one attached hydrogen (secondary N) is 1. The van der Waals surface area contributed by atoms with E-state index in [1.54, 1.807) is 0 Å². The standard InChI is InChI=1S/C10H17N3O3/c1-7(2)10-13-12-9(16-10)4-3-8(15)11-5-6-14/h7,14H,3-6H2,1-2H3,(H,11,15). The van der Waals surface area contributed by atoms with Gasteiger partial charge in [0.25, 0.3) is 0 Å². The van der Waals surface area contributed by atoms with Gasteiger partial charge in [0.05, 0.1) is 6.61 Å². The molecule has 1 aromatic rings. The van der Waals surface area contributed by atoms with Gasteiger partial charge in [-0.1, -0.05) is 13.8 Å². The summed E-state index contributed by atoms with van der Waals surface area (Å²) in [6, 6.07) is 0. The predicted molar refractivity (Wildman–Crippen MR) is 56.8 cm³/mol. The molecule has 0 radical (unpaired) electrons. The molecule has 2 N–H and O–H groups in total. The molecule has 16 heavy (non-hydrogen) atoms. The fourth-order valence-electron chi connectivity index (χ4n) is 1.11. The number of carbonyl (C=O) groups excluding carboxylic acids is 1. The lowest BCUT2D eigenvalue weighted by Crippen LogP contribution is -2.26. The third-order valence-corrected chi connectivity index (χ3v) is 1.98. The Bertz CT molecular complexity index is 336. The lowest BCUT2D eigenvalue weighted by atomic mass is 10.2. The van der Waals surface area contributed by atoms with E-state index in [1.807, 2.05) is 13.8 Å². The maximum Gasteiger partial charge on any atom is 0.220 e. The van der Waals surface area contributed by atoms with Crippen LogP contribution >= 0.6 is 0 Å². The van der Waals surface area contributed by atoms with Gasteiger partial charge >= 0.3 is 0 Å². The molecule has 0 spiro atoms. The maximum absolute atomic E-state index is 11.2. The summed E-state index contributed by atoms with van der Waals surface area (Å²) in [6.07, 6.45) is 0.719. The Morgan fingerprint density at radius 3 is 2.81 bits per heavy atom. The molecule has 0 fully saturated rings. The molecule has 0 aliphatic carbocycles. The SMILES string of the molecule is CC(C)c1nnc(CCC(=O)NCCO)o1. The van der Waals surface area contributed by atoms with Crippen molar-refractivity contribution in [3.8, 4) is 0 Å². The second-order valence-electron chi connectivity index (χ2n) is 3.76. The highest BCUT2D eigenvalue weighted by Crippen LogP contribution is 2.12. The molecule has 0 aliphatic rings. The average molecular weight is 227 g/mol. The van der Waals surface area contributed by atoms with Crippen LogP contribution in [-0.4, -0.2) is 34.4 Å². The van der Waals surface area contributed by atoms with Crippen LogP contribution in [0.4, 0.5) is 0 Å². The fourth-order valence-corrected chi connectivity index (χ4v) is 1.11. The van der Waals surface area contributed by atoms with Crippen molar-refractivity contribution in [3.05, 3.63) is 11.8 Å². The maximum atomic E-state index is 11.2. The van der Waals surface area contributed by atoms with Gasteiger partial charge in [-0.25, -0.2) is 0 Å². The Balaban J connectivity index is 2.33. The van der Waals surface area contributed by atoms with Gasteiger partial charge in [-0.05, 0) is 0 Å². The third-order valence-electron chi connectivity index (χ3n) is 1.98. The van der Waals surface area contributed by atoms with Gasteiger partial charge in [0.1, 0.15) is 0 Å². The number of aromatic nitrogens is 2. The minimum Gasteiger partial charge on any atom is -0.425 e. The summed E-state index contributed by atoms with van der Waals surface area (Å²) in [7, 11) is 0. The van der Waals surface area contributed by atoms with Crippen molar-refractivity contribution >= 4 is 5.91 Å². The lowest BCUT2D eigenvalue weighted by Gasteiger charge is -2.00. The van der Waals surface area contributed by atoms with E-state index >= 15 is 0 Å². The highest BCUT2D eigenvalue weighted by Gasteiger charge is 2.10. The van der Waals surface area contributed by atoms with Crippen molar-refractivity contribution < 1.29 is 14.3 Å². The van der Waals surface area contributed by atoms with Crippen molar-refractivity contribution in [2.24, 2.45) is 0 Å². The van der Waals surface area contributed by atoms with E-state index < -0.39 is 0 Å². The van der Waals surface area contributed by atoms with E-state index in [1.165, 1.54) is 0 Å². The molecule has 1 amide bonds. The van der Waals surface area contributed by atoms with E-state index in [4.69, 9.17) is 9.52 Å². The molecule has 0 atom stereocenters. The van der Waals surface area contributed by atoms with Crippen LogP contribution < -0.4 is 5.32 Å². The average Bonchev–Trinajstić information content (AvgIpc) is 2.72. The number of hydrogen-bond acceptors (Lipinski definition) is 5. The van der Waals surface area contributed by atoms with Gasteiger partial charge in [-0.3, -0.25) is 4.79 Å². The van der Waals surface area contributed by atoms with Crippen molar-refractivity contribution in [3.63, 3.8) is 0 Å². The molecule has 0 unspecified atom stereocenters. The number of aliphatic hydroxyl groups excluding tert-OH is 1. The normalized spacial score (nSPS) is 10.8. The third kappa shape index (κ3) is 3.98. The first kappa shape index (κ1) is 12.6. The number of nitrogens with zero attached hydrogens (tertiary/aromatic N) is 2. The van der Waals surface area contributed by atoms with Crippen LogP contribution in [0.3, 0.4) is 0 Å². The predicted octanol–water partition coefficient (Wildman–Crippen LogP) is 0.234. The molecule has 0 bridgehead atoms. The number of hydrogen-bond donors (Lipinski definition) is 2. The number of rotatable bonds is 6. The molecule has 1 aromatic heterocycles. The summed E-state index contributed by atoms with van der Waals surface area (Å²) < 4.78 is 5.35. The van der Waals surface area contributed by atoms with Crippen LogP contribution in [0.2, 0.25) is 0 Å². The second-order valence-corrected chi connectivity index (χ2v) is 3.76. The van der Waals surface area contributed by atoms with E-state index in [0.717, 1.165) is 0 Å². The zero-order chi connectivity index (χ0) is 12.0. The monoisotopic (exact) mass is 227 g/mol. The molecule has 0 saturated carbocycles. The van der Waals surface area contributed by atoms with E-state index in [-0.39, 0.29) is 25.0 Å². The molecule has 0 aliphatic heterocycles. The molecule has 6 heteroatoms. The Kier molecular flexibility index (Phi) is 4.91. The largest absolute Gasteiger partial charge is 0.425 e. The van der Waals surface area contributed by atoms with E-state index in [9.17, 15) is 4.79 Å². The van der Waals surface area contributed by atoms with Crippen LogP contribution in [0.25, 0.3) is 0 Å². The zero-order valence-corrected chi connectivity index (χ0v) is 9.56. The highest BCUT2D eigenvalue weighted by molar-refractivity contribution is 5.75. The Morgan fingerprint density at radius 1 is 1.50 bits per heavy atom. The molecule has 0 saturated heterocycles. The minimum absolute atomic E-state index is 0.0518. The quantitative estimate of drug-likeness (QED) is 0.726. The van der Waals surface area contributed by atoms with Crippen molar-refractivity contribution in [1.82, 2.24) is 15.5 Å². The Hall–Kier alpha value is -1.43. The number of aliphatic hydroxyl groups is 1. The number of aryl methyl sites for hydroxylation is 1. The first-order valence-electron chi connectivity index (χ1n) is 5.33. The van der Waals surface area contributed by atoms with Gasteiger partial charge in [-0.15, -0.1) is 10.2 Å². The van der Waals surface area contributed by atoms with E-state index in [2.05, 4.69) is 15.5 Å². The summed E-state index contributed by atoms with van der Waals surface area (Å²) in [5, 5.41) is 18.8. The smallest absolute Gasteiger partial charge is 0.220 e. The molecule has 90 valence electrons. The summed E-state index contributed by atoms with van der Waals surface area (Å²) in [6.45, 7) is 4.15. The van der Waals surface area contributed by atoms with Gasteiger partial charge in [0, 0.05) is 25.3 Å².